The molecule has 1 N–H and O–H groups in total. The zero-order valence-corrected chi connectivity index (χ0v) is 16.9. The Bertz CT molecular complexity index is 1160. The minimum Gasteiger partial charge on any atom is -0.545 e. The molecule has 3 aromatic rings. The number of carboxylic acid groups (broad SMARTS) is 1. The van der Waals surface area contributed by atoms with Gasteiger partial charge in [-0.25, -0.2) is 5.01 Å². The number of carbonyl (C=O) groups is 3. The summed E-state index contributed by atoms with van der Waals surface area (Å²) in [5.74, 6) is -1.85. The lowest BCUT2D eigenvalue weighted by Gasteiger charge is -2.14. The van der Waals surface area contributed by atoms with Crippen LogP contribution in [0.2, 0.25) is 0 Å². The van der Waals surface area contributed by atoms with E-state index in [1.165, 1.54) is 17.2 Å². The van der Waals surface area contributed by atoms with Crippen molar-refractivity contribution < 1.29 is 23.9 Å². The minimum atomic E-state index is -1.32. The molecule has 2 aromatic carbocycles. The van der Waals surface area contributed by atoms with Crippen LogP contribution in [0.25, 0.3) is 17.4 Å². The van der Waals surface area contributed by atoms with Crippen LogP contribution in [0.5, 0.6) is 0 Å². The molecule has 7 nitrogen and oxygen atoms in total. The van der Waals surface area contributed by atoms with Crippen molar-refractivity contribution in [1.29, 1.82) is 0 Å². The first-order chi connectivity index (χ1) is 13.9. The number of carboxylic acids is 1. The number of benzene rings is 2. The summed E-state index contributed by atoms with van der Waals surface area (Å²) in [7, 11) is 0. The second-order valence-electron chi connectivity index (χ2n) is 6.15. The van der Waals surface area contributed by atoms with Crippen LogP contribution in [0.4, 0.5) is 5.69 Å². The Labute approximate surface area is 178 Å². The summed E-state index contributed by atoms with van der Waals surface area (Å²) < 4.78 is 6.66. The Kier molecular flexibility index (Phi) is 4.93. The van der Waals surface area contributed by atoms with Crippen LogP contribution >= 0.6 is 22.6 Å². The number of rotatable bonds is 4. The van der Waals surface area contributed by atoms with Crippen molar-refractivity contribution in [2.45, 2.75) is 0 Å². The largest absolute Gasteiger partial charge is 0.545 e. The van der Waals surface area contributed by atoms with Crippen molar-refractivity contribution in [2.24, 2.45) is 0 Å². The molecule has 2 heterocycles. The number of aromatic carboxylic acids is 1. The molecule has 1 fully saturated rings. The highest BCUT2D eigenvalue weighted by Crippen LogP contribution is 2.28. The quantitative estimate of drug-likeness (QED) is 0.338. The first-order valence-corrected chi connectivity index (χ1v) is 9.55. The third-order valence-electron chi connectivity index (χ3n) is 4.30. The van der Waals surface area contributed by atoms with Gasteiger partial charge in [0.1, 0.15) is 17.1 Å². The number of hydrazine groups is 1. The van der Waals surface area contributed by atoms with Crippen molar-refractivity contribution in [2.75, 3.05) is 5.01 Å². The van der Waals surface area contributed by atoms with E-state index in [-0.39, 0.29) is 22.7 Å². The van der Waals surface area contributed by atoms with Gasteiger partial charge in [0.05, 0.1) is 11.7 Å². The van der Waals surface area contributed by atoms with Crippen LogP contribution in [-0.2, 0) is 9.59 Å². The average molecular weight is 499 g/mol. The summed E-state index contributed by atoms with van der Waals surface area (Å²) in [6.07, 6.45) is 1.33. The molecule has 1 aliphatic rings. The zero-order valence-electron chi connectivity index (χ0n) is 14.7. The van der Waals surface area contributed by atoms with Gasteiger partial charge in [0, 0.05) is 14.7 Å². The highest BCUT2D eigenvalue weighted by Gasteiger charge is 2.34. The molecule has 2 amide bonds. The average Bonchev–Trinajstić information content (AvgIpc) is 3.29. The van der Waals surface area contributed by atoms with Gasteiger partial charge in [0.2, 0.25) is 0 Å². The normalized spacial score (nSPS) is 15.1. The summed E-state index contributed by atoms with van der Waals surface area (Å²) in [4.78, 5) is 36.2. The number of nitrogens with zero attached hydrogens (tertiary/aromatic N) is 1. The number of carbonyl (C=O) groups excluding carboxylic acids is 3. The fourth-order valence-corrected chi connectivity index (χ4v) is 3.28. The van der Waals surface area contributed by atoms with Crippen LogP contribution in [-0.4, -0.2) is 17.8 Å². The van der Waals surface area contributed by atoms with E-state index < -0.39 is 17.8 Å². The second kappa shape index (κ2) is 7.55. The van der Waals surface area contributed by atoms with E-state index in [0.29, 0.717) is 11.3 Å². The third-order valence-corrected chi connectivity index (χ3v) is 5.02. The SMILES string of the molecule is O=C1NN(c2ccc(I)cc2)C(=O)/C1=C/c1ccc(-c2ccccc2C(=O)[O-])o1. The molecule has 0 spiro atoms. The molecular weight excluding hydrogens is 487 g/mol. The molecule has 8 heteroatoms. The smallest absolute Gasteiger partial charge is 0.282 e. The van der Waals surface area contributed by atoms with Gasteiger partial charge in [-0.1, -0.05) is 24.3 Å². The number of hydrogen-bond donors (Lipinski definition) is 1. The topological polar surface area (TPSA) is 103 Å². The molecule has 144 valence electrons. The Morgan fingerprint density at radius 3 is 2.48 bits per heavy atom. The molecule has 0 unspecified atom stereocenters. The van der Waals surface area contributed by atoms with Gasteiger partial charge in [-0.15, -0.1) is 0 Å². The molecule has 0 radical (unpaired) electrons. The molecular formula is C21H12IN2O5-. The molecule has 1 saturated heterocycles. The van der Waals surface area contributed by atoms with Gasteiger partial charge >= 0.3 is 0 Å². The van der Waals surface area contributed by atoms with E-state index in [0.717, 1.165) is 3.57 Å². The van der Waals surface area contributed by atoms with E-state index in [2.05, 4.69) is 28.0 Å². The summed E-state index contributed by atoms with van der Waals surface area (Å²) in [5, 5.41) is 12.5. The van der Waals surface area contributed by atoms with Crippen molar-refractivity contribution in [3.63, 3.8) is 0 Å². The summed E-state index contributed by atoms with van der Waals surface area (Å²) in [6.45, 7) is 0. The van der Waals surface area contributed by atoms with Gasteiger partial charge in [0.15, 0.2) is 0 Å². The molecule has 1 aromatic heterocycles. The number of amides is 2. The third kappa shape index (κ3) is 3.66. The molecule has 4 rings (SSSR count). The zero-order chi connectivity index (χ0) is 20.5. The first kappa shape index (κ1) is 18.9. The fourth-order valence-electron chi connectivity index (χ4n) is 2.92. The Morgan fingerprint density at radius 2 is 1.76 bits per heavy atom. The van der Waals surface area contributed by atoms with Crippen molar-refractivity contribution in [1.82, 2.24) is 5.43 Å². The second-order valence-corrected chi connectivity index (χ2v) is 7.40. The van der Waals surface area contributed by atoms with Gasteiger partial charge in [-0.05, 0) is 65.1 Å². The van der Waals surface area contributed by atoms with Crippen molar-refractivity contribution in [3.05, 3.63) is 81.1 Å². The summed E-state index contributed by atoms with van der Waals surface area (Å²) >= 11 is 2.15. The highest BCUT2D eigenvalue weighted by molar-refractivity contribution is 14.1. The van der Waals surface area contributed by atoms with Crippen LogP contribution in [0.15, 0.2) is 70.7 Å². The predicted molar refractivity (Wildman–Crippen MR) is 111 cm³/mol. The van der Waals surface area contributed by atoms with Crippen LogP contribution in [0.1, 0.15) is 16.1 Å². The Hall–Kier alpha value is -3.40. The highest BCUT2D eigenvalue weighted by atomic mass is 127. The summed E-state index contributed by atoms with van der Waals surface area (Å²) in [5.41, 5.74) is 3.30. The van der Waals surface area contributed by atoms with E-state index in [1.807, 2.05) is 12.1 Å². The number of halogens is 1. The van der Waals surface area contributed by atoms with Crippen LogP contribution in [0, 0.1) is 3.57 Å². The standard InChI is InChI=1S/C21H13IN2O5/c22-12-5-7-13(8-6-12)24-20(26)17(19(25)23-24)11-14-9-10-18(29-14)15-3-1-2-4-16(15)21(27)28/h1-11H,(H,23,25)(H,27,28)/p-1/b17-11+. The molecule has 0 aliphatic carbocycles. The minimum absolute atomic E-state index is 0.0133. The molecule has 29 heavy (non-hydrogen) atoms. The lowest BCUT2D eigenvalue weighted by molar-refractivity contribution is -0.255. The number of nitrogens with one attached hydrogen (secondary N) is 1. The number of anilines is 1. The van der Waals surface area contributed by atoms with Gasteiger partial charge in [-0.3, -0.25) is 15.0 Å². The molecule has 0 saturated carbocycles. The van der Waals surface area contributed by atoms with E-state index in [9.17, 15) is 19.5 Å². The maximum atomic E-state index is 12.7. The van der Waals surface area contributed by atoms with Crippen LogP contribution < -0.4 is 15.5 Å². The van der Waals surface area contributed by atoms with E-state index in [4.69, 9.17) is 4.42 Å². The maximum Gasteiger partial charge on any atom is 0.282 e. The van der Waals surface area contributed by atoms with Gasteiger partial charge in [0.25, 0.3) is 11.8 Å². The Morgan fingerprint density at radius 1 is 1.03 bits per heavy atom. The lowest BCUT2D eigenvalue weighted by Crippen LogP contribution is -2.35. The van der Waals surface area contributed by atoms with Gasteiger partial charge in [-0.2, -0.15) is 0 Å². The van der Waals surface area contributed by atoms with Crippen LogP contribution in [0.3, 0.4) is 0 Å². The summed E-state index contributed by atoms with van der Waals surface area (Å²) in [6, 6.07) is 16.5. The Balaban J connectivity index is 1.64. The van der Waals surface area contributed by atoms with E-state index >= 15 is 0 Å². The van der Waals surface area contributed by atoms with Crippen molar-refractivity contribution >= 4 is 52.1 Å². The van der Waals surface area contributed by atoms with Crippen molar-refractivity contribution in [3.8, 4) is 11.3 Å². The molecule has 1 aliphatic heterocycles. The van der Waals surface area contributed by atoms with E-state index in [1.54, 1.807) is 42.5 Å². The molecule has 0 bridgehead atoms. The predicted octanol–water partition coefficient (Wildman–Crippen LogP) is 2.38. The lowest BCUT2D eigenvalue weighted by atomic mass is 10.1. The monoisotopic (exact) mass is 499 g/mol. The van der Waals surface area contributed by atoms with Gasteiger partial charge < -0.3 is 14.3 Å². The number of furan rings is 1. The first-order valence-electron chi connectivity index (χ1n) is 8.47. The maximum absolute atomic E-state index is 12.7. The number of hydrogen-bond acceptors (Lipinski definition) is 5. The molecule has 0 atom stereocenters. The fraction of sp³-hybridized carbons (Fsp3) is 0.